The number of aromatic nitrogens is 1. The molecule has 6 rings (SSSR count). The maximum atomic E-state index is 12.8. The van der Waals surface area contributed by atoms with E-state index in [1.165, 1.54) is 6.20 Å². The van der Waals surface area contributed by atoms with Crippen molar-refractivity contribution in [3.63, 3.8) is 0 Å². The quantitative estimate of drug-likeness (QED) is 0.236. The number of ether oxygens (including phenoxy) is 1. The second-order valence-corrected chi connectivity index (χ2v) is 13.5. The third kappa shape index (κ3) is 4.04. The second-order valence-electron chi connectivity index (χ2n) is 12.6. The van der Waals surface area contributed by atoms with E-state index < -0.39 is 34.0 Å². The number of rotatable bonds is 4. The normalized spacial score (nSPS) is 43.3. The van der Waals surface area contributed by atoms with Crippen LogP contribution in [0.1, 0.15) is 75.1 Å². The summed E-state index contributed by atoms with van der Waals surface area (Å²) in [5, 5.41) is 39.5. The largest absolute Gasteiger partial charge is 0.458 e. The SMILES string of the molecule is CC12CC[C@H]3[C@@H](CCC4(O)C[C@H](O)CCC34C=NNC(=O)c3cncc(Br)c3)C1(O)CCC2C1=CC(=O)OC1. The van der Waals surface area contributed by atoms with Crippen LogP contribution in [0.2, 0.25) is 0 Å². The fraction of sp³-hybridized carbons (Fsp3) is 0.655. The number of hydrazone groups is 1. The van der Waals surface area contributed by atoms with E-state index in [-0.39, 0.29) is 30.1 Å². The van der Waals surface area contributed by atoms with Gasteiger partial charge in [-0.1, -0.05) is 6.92 Å². The van der Waals surface area contributed by atoms with Crippen molar-refractivity contribution in [2.45, 2.75) is 82.0 Å². The monoisotopic (exact) mass is 601 g/mol. The highest BCUT2D eigenvalue weighted by atomic mass is 79.9. The lowest BCUT2D eigenvalue weighted by Crippen LogP contribution is -2.68. The number of amides is 1. The number of aliphatic hydroxyl groups excluding tert-OH is 1. The first-order valence-corrected chi connectivity index (χ1v) is 14.8. The average molecular weight is 603 g/mol. The third-order valence-corrected chi connectivity index (χ3v) is 11.5. The van der Waals surface area contributed by atoms with Crippen molar-refractivity contribution in [1.82, 2.24) is 10.4 Å². The summed E-state index contributed by atoms with van der Waals surface area (Å²) < 4.78 is 5.91. The molecule has 5 aliphatic rings. The van der Waals surface area contributed by atoms with E-state index in [4.69, 9.17) is 4.74 Å². The lowest BCUT2D eigenvalue weighted by molar-refractivity contribution is -0.237. The molecule has 0 spiro atoms. The van der Waals surface area contributed by atoms with Crippen LogP contribution in [0, 0.1) is 28.6 Å². The molecule has 4 fully saturated rings. The molecule has 1 amide bonds. The Morgan fingerprint density at radius 2 is 1.95 bits per heavy atom. The summed E-state index contributed by atoms with van der Waals surface area (Å²) >= 11 is 3.33. The summed E-state index contributed by atoms with van der Waals surface area (Å²) in [5.74, 6) is -0.780. The van der Waals surface area contributed by atoms with Crippen LogP contribution in [0.4, 0.5) is 0 Å². The molecule has 1 aromatic rings. The number of nitrogens with zero attached hydrogens (tertiary/aromatic N) is 2. The Balaban J connectivity index is 1.32. The van der Waals surface area contributed by atoms with Crippen LogP contribution in [0.3, 0.4) is 0 Å². The molecule has 2 heterocycles. The van der Waals surface area contributed by atoms with E-state index in [0.717, 1.165) is 24.8 Å². The summed E-state index contributed by atoms with van der Waals surface area (Å²) in [7, 11) is 0. The van der Waals surface area contributed by atoms with Crippen LogP contribution < -0.4 is 5.43 Å². The maximum Gasteiger partial charge on any atom is 0.331 e. The number of pyridine rings is 1. The van der Waals surface area contributed by atoms with E-state index in [1.807, 2.05) is 0 Å². The van der Waals surface area contributed by atoms with Crippen molar-refractivity contribution in [2.24, 2.45) is 33.7 Å². The van der Waals surface area contributed by atoms with Crippen molar-refractivity contribution in [1.29, 1.82) is 0 Å². The van der Waals surface area contributed by atoms with Gasteiger partial charge in [0.05, 0.1) is 22.9 Å². The van der Waals surface area contributed by atoms with Gasteiger partial charge in [0.15, 0.2) is 0 Å². The number of cyclic esters (lactones) is 1. The summed E-state index contributed by atoms with van der Waals surface area (Å²) in [6.07, 6.45) is 11.1. The maximum absolute atomic E-state index is 12.8. The number of fused-ring (bicyclic) bond motifs is 5. The van der Waals surface area contributed by atoms with Gasteiger partial charge in [-0.15, -0.1) is 0 Å². The van der Waals surface area contributed by atoms with Crippen molar-refractivity contribution in [3.05, 3.63) is 40.1 Å². The summed E-state index contributed by atoms with van der Waals surface area (Å²) in [6, 6.07) is 1.66. The fourth-order valence-electron chi connectivity index (χ4n) is 9.17. The number of hydrogen-bond acceptors (Lipinski definition) is 8. The Morgan fingerprint density at radius 3 is 2.69 bits per heavy atom. The molecule has 10 heteroatoms. The van der Waals surface area contributed by atoms with Gasteiger partial charge in [0.1, 0.15) is 6.61 Å². The zero-order valence-corrected chi connectivity index (χ0v) is 23.7. The van der Waals surface area contributed by atoms with Gasteiger partial charge in [0, 0.05) is 46.4 Å². The van der Waals surface area contributed by atoms with E-state index in [2.05, 4.69) is 38.4 Å². The van der Waals surface area contributed by atoms with Crippen molar-refractivity contribution < 1.29 is 29.6 Å². The molecular weight excluding hydrogens is 566 g/mol. The molecular formula is C29H36BrN3O6. The molecule has 4 aliphatic carbocycles. The molecule has 0 bridgehead atoms. The molecule has 5 unspecified atom stereocenters. The minimum Gasteiger partial charge on any atom is -0.458 e. The van der Waals surface area contributed by atoms with E-state index >= 15 is 0 Å². The molecule has 4 saturated carbocycles. The Labute approximate surface area is 236 Å². The van der Waals surface area contributed by atoms with Crippen molar-refractivity contribution in [3.8, 4) is 0 Å². The number of halogens is 1. The molecule has 8 atom stereocenters. The zero-order valence-electron chi connectivity index (χ0n) is 22.1. The predicted octanol–water partition coefficient (Wildman–Crippen LogP) is 3.27. The summed E-state index contributed by atoms with van der Waals surface area (Å²) in [6.45, 7) is 2.45. The van der Waals surface area contributed by atoms with Crippen LogP contribution in [-0.2, 0) is 9.53 Å². The number of esters is 1. The first kappa shape index (κ1) is 27.1. The lowest BCUT2D eigenvalue weighted by Gasteiger charge is -2.65. The number of carbonyl (C=O) groups is 2. The predicted molar refractivity (Wildman–Crippen MR) is 145 cm³/mol. The highest BCUT2D eigenvalue weighted by molar-refractivity contribution is 9.10. The molecule has 0 aromatic carbocycles. The summed E-state index contributed by atoms with van der Waals surface area (Å²) in [5.41, 5.74) is 0.608. The second kappa shape index (κ2) is 9.46. The van der Waals surface area contributed by atoms with Crippen LogP contribution in [0.25, 0.3) is 0 Å². The topological polar surface area (TPSA) is 141 Å². The van der Waals surface area contributed by atoms with Crippen LogP contribution in [0.5, 0.6) is 0 Å². The molecule has 9 nitrogen and oxygen atoms in total. The van der Waals surface area contributed by atoms with Gasteiger partial charge in [-0.3, -0.25) is 9.78 Å². The fourth-order valence-corrected chi connectivity index (χ4v) is 9.53. The summed E-state index contributed by atoms with van der Waals surface area (Å²) in [4.78, 5) is 28.6. The zero-order chi connectivity index (χ0) is 27.6. The van der Waals surface area contributed by atoms with Crippen LogP contribution in [-0.4, -0.2) is 62.3 Å². The van der Waals surface area contributed by atoms with E-state index in [1.54, 1.807) is 24.6 Å². The molecule has 4 N–H and O–H groups in total. The molecule has 1 aliphatic heterocycles. The van der Waals surface area contributed by atoms with Gasteiger partial charge in [0.2, 0.25) is 0 Å². The minimum absolute atomic E-state index is 0.0656. The Kier molecular flexibility index (Phi) is 6.56. The number of carbonyl (C=O) groups excluding carboxylic acids is 2. The number of hydrogen-bond donors (Lipinski definition) is 4. The lowest BCUT2D eigenvalue weighted by atomic mass is 9.41. The van der Waals surface area contributed by atoms with Crippen molar-refractivity contribution in [2.75, 3.05) is 6.61 Å². The highest BCUT2D eigenvalue weighted by Gasteiger charge is 2.71. The Hall–Kier alpha value is -2.14. The van der Waals surface area contributed by atoms with Gasteiger partial charge < -0.3 is 20.1 Å². The van der Waals surface area contributed by atoms with Crippen LogP contribution in [0.15, 0.2) is 39.7 Å². The van der Waals surface area contributed by atoms with Gasteiger partial charge in [-0.25, -0.2) is 10.2 Å². The van der Waals surface area contributed by atoms with Gasteiger partial charge in [-0.05, 0) is 96.7 Å². The molecule has 0 saturated heterocycles. The number of nitrogens with one attached hydrogen (secondary N) is 1. The smallest absolute Gasteiger partial charge is 0.331 e. The van der Waals surface area contributed by atoms with E-state index in [9.17, 15) is 24.9 Å². The average Bonchev–Trinajstić information content (AvgIpc) is 3.43. The van der Waals surface area contributed by atoms with E-state index in [0.29, 0.717) is 48.7 Å². The Morgan fingerprint density at radius 1 is 1.15 bits per heavy atom. The first-order valence-electron chi connectivity index (χ1n) is 14.0. The number of aliphatic hydroxyl groups is 3. The van der Waals surface area contributed by atoms with Gasteiger partial charge in [-0.2, -0.15) is 5.10 Å². The van der Waals surface area contributed by atoms with Gasteiger partial charge in [0.25, 0.3) is 5.91 Å². The minimum atomic E-state index is -1.19. The molecule has 210 valence electrons. The molecule has 1 aromatic heterocycles. The standard InChI is InChI=1S/C29H36BrN3O6/c1-26-6-3-22-23(29(26,38)9-5-21(26)18-11-24(35)39-15-18)4-8-28(37)12-20(34)2-7-27(22,28)16-32-33-25(36)17-10-19(30)14-31-13-17/h10-11,13-14,16,20-23,34,37-38H,2-9,12,15H2,1H3,(H,33,36)/t20-,21?,22+,23-,26?,27?,28?,29?/m1/s1. The van der Waals surface area contributed by atoms with Crippen molar-refractivity contribution >= 4 is 34.0 Å². The molecule has 0 radical (unpaired) electrons. The van der Waals surface area contributed by atoms with Crippen LogP contribution >= 0.6 is 15.9 Å². The van der Waals surface area contributed by atoms with Gasteiger partial charge >= 0.3 is 5.97 Å². The highest BCUT2D eigenvalue weighted by Crippen LogP contribution is 2.70. The first-order chi connectivity index (χ1) is 18.5. The molecule has 39 heavy (non-hydrogen) atoms. The third-order valence-electron chi connectivity index (χ3n) is 11.1. The Bertz CT molecular complexity index is 1260.